The molecule has 4 rings (SSSR count). The number of nitrogens with zero attached hydrogens (tertiary/aromatic N) is 2. The second-order valence-corrected chi connectivity index (χ2v) is 8.68. The van der Waals surface area contributed by atoms with Crippen molar-refractivity contribution in [1.29, 1.82) is 0 Å². The first-order chi connectivity index (χ1) is 16.2. The average molecular weight is 462 g/mol. The third-order valence-electron chi connectivity index (χ3n) is 6.07. The lowest BCUT2D eigenvalue weighted by Gasteiger charge is -2.26. The van der Waals surface area contributed by atoms with Crippen LogP contribution < -0.4 is 0 Å². The van der Waals surface area contributed by atoms with Crippen molar-refractivity contribution in [3.05, 3.63) is 106 Å². The number of halogens is 2. The van der Waals surface area contributed by atoms with Crippen LogP contribution in [-0.2, 0) is 16.1 Å². The summed E-state index contributed by atoms with van der Waals surface area (Å²) in [5, 5.41) is 11.1. The molecule has 7 heteroatoms. The Morgan fingerprint density at radius 3 is 2.35 bits per heavy atom. The Hall–Kier alpha value is -3.87. The summed E-state index contributed by atoms with van der Waals surface area (Å²) in [6.07, 6.45) is 3.10. The topological polar surface area (TPSA) is 70.5 Å². The van der Waals surface area contributed by atoms with E-state index in [0.29, 0.717) is 11.1 Å². The molecule has 0 bridgehead atoms. The Morgan fingerprint density at radius 2 is 1.74 bits per heavy atom. The average Bonchev–Trinajstić information content (AvgIpc) is 3.05. The van der Waals surface area contributed by atoms with Crippen LogP contribution in [-0.4, -0.2) is 26.7 Å². The van der Waals surface area contributed by atoms with E-state index in [9.17, 15) is 19.1 Å². The van der Waals surface area contributed by atoms with Gasteiger partial charge in [-0.1, -0.05) is 38.1 Å². The molecule has 1 unspecified atom stereocenters. The molecule has 1 saturated heterocycles. The van der Waals surface area contributed by atoms with Gasteiger partial charge in [0.05, 0.1) is 11.6 Å². The maximum absolute atomic E-state index is 15.4. The minimum atomic E-state index is -1.18. The van der Waals surface area contributed by atoms with E-state index < -0.39 is 35.1 Å². The van der Waals surface area contributed by atoms with E-state index in [-0.39, 0.29) is 29.2 Å². The summed E-state index contributed by atoms with van der Waals surface area (Å²) in [7, 11) is 0. The van der Waals surface area contributed by atoms with Crippen molar-refractivity contribution in [3.8, 4) is 0 Å². The summed E-state index contributed by atoms with van der Waals surface area (Å²) in [5.74, 6) is -3.47. The largest absolute Gasteiger partial charge is 0.507 e. The molecular weight excluding hydrogens is 438 g/mol. The van der Waals surface area contributed by atoms with Gasteiger partial charge >= 0.3 is 0 Å². The predicted molar refractivity (Wildman–Crippen MR) is 124 cm³/mol. The maximum Gasteiger partial charge on any atom is 0.295 e. The molecule has 3 aromatic rings. The number of benzene rings is 2. The van der Waals surface area contributed by atoms with Crippen molar-refractivity contribution in [2.45, 2.75) is 39.3 Å². The van der Waals surface area contributed by atoms with Gasteiger partial charge in [-0.05, 0) is 53.8 Å². The van der Waals surface area contributed by atoms with Gasteiger partial charge in [0.1, 0.15) is 17.4 Å². The van der Waals surface area contributed by atoms with Gasteiger partial charge in [-0.15, -0.1) is 0 Å². The highest BCUT2D eigenvalue weighted by atomic mass is 19.1. The summed E-state index contributed by atoms with van der Waals surface area (Å²) in [6, 6.07) is 10.8. The lowest BCUT2D eigenvalue weighted by molar-refractivity contribution is -0.140. The van der Waals surface area contributed by atoms with E-state index in [4.69, 9.17) is 0 Å². The molecule has 1 N–H and O–H groups in total. The van der Waals surface area contributed by atoms with E-state index in [1.54, 1.807) is 37.5 Å². The lowest BCUT2D eigenvalue weighted by atomic mass is 9.92. The second-order valence-electron chi connectivity index (χ2n) is 8.68. The summed E-state index contributed by atoms with van der Waals surface area (Å²) in [6.45, 7) is 5.42. The van der Waals surface area contributed by atoms with Crippen LogP contribution in [0.1, 0.15) is 53.6 Å². The van der Waals surface area contributed by atoms with Crippen molar-refractivity contribution in [2.75, 3.05) is 0 Å². The smallest absolute Gasteiger partial charge is 0.295 e. The third kappa shape index (κ3) is 4.21. The first-order valence-electron chi connectivity index (χ1n) is 10.9. The molecule has 0 radical (unpaired) electrons. The molecule has 1 aliphatic heterocycles. The number of amides is 1. The van der Waals surface area contributed by atoms with Crippen LogP contribution in [0.5, 0.6) is 0 Å². The van der Waals surface area contributed by atoms with Crippen LogP contribution in [0.15, 0.2) is 66.5 Å². The SMILES string of the molecule is Cc1ccc(/C(O)=C2/C(=O)C(=O)N(Cc3ccncc3)C2c2ccc(C(C)C)cc2F)cc1F. The zero-order valence-electron chi connectivity index (χ0n) is 19.0. The highest BCUT2D eigenvalue weighted by Crippen LogP contribution is 2.41. The quantitative estimate of drug-likeness (QED) is 0.313. The maximum atomic E-state index is 15.4. The number of hydrogen-bond donors (Lipinski definition) is 1. The Balaban J connectivity index is 1.91. The van der Waals surface area contributed by atoms with Crippen molar-refractivity contribution in [3.63, 3.8) is 0 Å². The fourth-order valence-corrected chi connectivity index (χ4v) is 4.07. The molecule has 34 heavy (non-hydrogen) atoms. The number of pyridine rings is 1. The summed E-state index contributed by atoms with van der Waals surface area (Å²) >= 11 is 0. The van der Waals surface area contributed by atoms with Gasteiger partial charge in [0.25, 0.3) is 11.7 Å². The summed E-state index contributed by atoms with van der Waals surface area (Å²) < 4.78 is 29.6. The summed E-state index contributed by atoms with van der Waals surface area (Å²) in [4.78, 5) is 31.3. The number of hydrogen-bond acceptors (Lipinski definition) is 4. The molecule has 1 fully saturated rings. The van der Waals surface area contributed by atoms with E-state index in [0.717, 1.165) is 11.6 Å². The van der Waals surface area contributed by atoms with Gasteiger partial charge in [-0.2, -0.15) is 0 Å². The number of aliphatic hydroxyl groups excluding tert-OH is 1. The Labute approximate surface area is 196 Å². The predicted octanol–water partition coefficient (Wildman–Crippen LogP) is 5.41. The number of aliphatic hydroxyl groups is 1. The fourth-order valence-electron chi connectivity index (χ4n) is 4.07. The number of aromatic nitrogens is 1. The van der Waals surface area contributed by atoms with Crippen LogP contribution in [0.2, 0.25) is 0 Å². The zero-order valence-corrected chi connectivity index (χ0v) is 19.0. The molecule has 2 heterocycles. The van der Waals surface area contributed by atoms with Crippen molar-refractivity contribution < 1.29 is 23.5 Å². The minimum Gasteiger partial charge on any atom is -0.507 e. The van der Waals surface area contributed by atoms with E-state index in [2.05, 4.69) is 4.98 Å². The molecule has 0 saturated carbocycles. The van der Waals surface area contributed by atoms with Crippen LogP contribution in [0.3, 0.4) is 0 Å². The van der Waals surface area contributed by atoms with Crippen LogP contribution in [0, 0.1) is 18.6 Å². The van der Waals surface area contributed by atoms with Crippen LogP contribution in [0.4, 0.5) is 8.78 Å². The first kappa shape index (κ1) is 23.3. The molecule has 0 spiro atoms. The highest BCUT2D eigenvalue weighted by Gasteiger charge is 2.47. The number of likely N-dealkylation sites (tertiary alicyclic amines) is 1. The molecule has 1 atom stereocenters. The Bertz CT molecular complexity index is 1300. The number of aryl methyl sites for hydroxylation is 1. The molecule has 2 aromatic carbocycles. The lowest BCUT2D eigenvalue weighted by Crippen LogP contribution is -2.29. The molecule has 0 aliphatic carbocycles. The summed E-state index contributed by atoms with van der Waals surface area (Å²) in [5.41, 5.74) is 1.64. The molecule has 5 nitrogen and oxygen atoms in total. The zero-order chi connectivity index (χ0) is 24.6. The Kier molecular flexibility index (Phi) is 6.28. The molecular formula is C27H24F2N2O3. The molecule has 174 valence electrons. The number of rotatable bonds is 5. The van der Waals surface area contributed by atoms with Crippen molar-refractivity contribution in [2.24, 2.45) is 0 Å². The van der Waals surface area contributed by atoms with Crippen molar-refractivity contribution in [1.82, 2.24) is 9.88 Å². The molecule has 1 aliphatic rings. The number of Topliss-reactive ketones (excluding diaryl/α,β-unsaturated/α-hetero) is 1. The Morgan fingerprint density at radius 1 is 1.03 bits per heavy atom. The van der Waals surface area contributed by atoms with E-state index in [1.807, 2.05) is 13.8 Å². The monoisotopic (exact) mass is 462 g/mol. The van der Waals surface area contributed by atoms with Gasteiger partial charge in [-0.3, -0.25) is 14.6 Å². The highest BCUT2D eigenvalue weighted by molar-refractivity contribution is 6.46. The van der Waals surface area contributed by atoms with Crippen LogP contribution >= 0.6 is 0 Å². The van der Waals surface area contributed by atoms with Gasteiger partial charge in [0, 0.05) is 30.1 Å². The second kappa shape index (κ2) is 9.17. The number of ketones is 1. The normalized spacial score (nSPS) is 17.6. The molecule has 1 amide bonds. The van der Waals surface area contributed by atoms with Gasteiger partial charge in [0.2, 0.25) is 0 Å². The minimum absolute atomic E-state index is 0.00215. The van der Waals surface area contributed by atoms with Gasteiger partial charge in [0.15, 0.2) is 0 Å². The van der Waals surface area contributed by atoms with E-state index >= 15 is 4.39 Å². The van der Waals surface area contributed by atoms with Gasteiger partial charge in [-0.25, -0.2) is 8.78 Å². The van der Waals surface area contributed by atoms with E-state index in [1.165, 1.54) is 29.2 Å². The third-order valence-corrected chi connectivity index (χ3v) is 6.07. The first-order valence-corrected chi connectivity index (χ1v) is 10.9. The standard InChI is InChI=1S/C27H24F2N2O3/c1-15(2)18-6-7-20(22(29)12-18)24-23(25(32)19-5-4-16(3)21(28)13-19)26(33)27(34)31(24)14-17-8-10-30-11-9-17/h4-13,15,24,32H,14H2,1-3H3/b25-23-. The van der Waals surface area contributed by atoms with Gasteiger partial charge < -0.3 is 10.0 Å². The number of carbonyl (C=O) groups is 2. The molecule has 1 aromatic heterocycles. The fraction of sp³-hybridized carbons (Fsp3) is 0.222. The van der Waals surface area contributed by atoms with Crippen molar-refractivity contribution >= 4 is 17.4 Å². The van der Waals surface area contributed by atoms with Crippen LogP contribution in [0.25, 0.3) is 5.76 Å². The number of carbonyl (C=O) groups excluding carboxylic acids is 2.